The second kappa shape index (κ2) is 6.74. The van der Waals surface area contributed by atoms with Crippen molar-refractivity contribution in [2.45, 2.75) is 25.3 Å². The van der Waals surface area contributed by atoms with Crippen LogP contribution in [0.3, 0.4) is 0 Å². The molecule has 2 aliphatic rings. The summed E-state index contributed by atoms with van der Waals surface area (Å²) in [5, 5.41) is 1.31. The fraction of sp³-hybridized carbons (Fsp3) is 0.625. The van der Waals surface area contributed by atoms with Gasteiger partial charge in [-0.05, 0) is 43.9 Å². The van der Waals surface area contributed by atoms with E-state index in [0.29, 0.717) is 16.1 Å². The molecule has 0 spiro atoms. The average molecular weight is 328 g/mol. The van der Waals surface area contributed by atoms with Crippen molar-refractivity contribution < 1.29 is 0 Å². The maximum Gasteiger partial charge on any atom is 0.0825 e. The van der Waals surface area contributed by atoms with E-state index in [0.717, 1.165) is 37.8 Å². The highest BCUT2D eigenvalue weighted by Crippen LogP contribution is 2.33. The average Bonchev–Trinajstić information content (AvgIpc) is 2.46. The molecule has 3 nitrogen and oxygen atoms in total. The van der Waals surface area contributed by atoms with Gasteiger partial charge in [-0.15, -0.1) is 0 Å². The summed E-state index contributed by atoms with van der Waals surface area (Å²) in [6.07, 6.45) is 3.74. The van der Waals surface area contributed by atoms with Gasteiger partial charge in [0.25, 0.3) is 0 Å². The van der Waals surface area contributed by atoms with Gasteiger partial charge in [-0.3, -0.25) is 4.90 Å². The lowest BCUT2D eigenvalue weighted by Gasteiger charge is -2.38. The van der Waals surface area contributed by atoms with E-state index in [9.17, 15) is 0 Å². The lowest BCUT2D eigenvalue weighted by molar-refractivity contribution is 0.189. The third-order valence-electron chi connectivity index (χ3n) is 4.77. The number of piperazine rings is 1. The second-order valence-corrected chi connectivity index (χ2v) is 7.07. The van der Waals surface area contributed by atoms with Crippen LogP contribution in [0, 0.1) is 5.92 Å². The number of halogens is 2. The smallest absolute Gasteiger partial charge is 0.0825 e. The van der Waals surface area contributed by atoms with Gasteiger partial charge in [0, 0.05) is 32.2 Å². The van der Waals surface area contributed by atoms with Crippen LogP contribution in [0.15, 0.2) is 18.2 Å². The number of nitrogens with two attached hydrogens (primary N) is 1. The molecule has 2 N–H and O–H groups in total. The van der Waals surface area contributed by atoms with E-state index in [1.165, 1.54) is 25.8 Å². The lowest BCUT2D eigenvalue weighted by atomic mass is 9.79. The maximum atomic E-state index is 6.31. The van der Waals surface area contributed by atoms with Crippen LogP contribution in [0.2, 0.25) is 10.0 Å². The van der Waals surface area contributed by atoms with Crippen molar-refractivity contribution in [3.05, 3.63) is 28.2 Å². The first-order valence-electron chi connectivity index (χ1n) is 7.80. The summed E-state index contributed by atoms with van der Waals surface area (Å²) in [6, 6.07) is 6.33. The topological polar surface area (TPSA) is 32.5 Å². The van der Waals surface area contributed by atoms with Crippen molar-refractivity contribution in [2.24, 2.45) is 11.7 Å². The molecule has 1 aliphatic heterocycles. The Labute approximate surface area is 137 Å². The van der Waals surface area contributed by atoms with Crippen LogP contribution in [-0.2, 0) is 0 Å². The molecule has 0 bridgehead atoms. The standard InChI is InChI=1S/C16H23Cl2N3/c17-14-2-1-3-15(16(14)18)21-8-6-20(7-9-21)5-4-12-10-13(19)11-12/h1-3,12-13H,4-11,19H2/t12-,13-. The molecule has 1 aromatic carbocycles. The lowest BCUT2D eigenvalue weighted by Crippen LogP contribution is -2.47. The molecular formula is C16H23Cl2N3. The maximum absolute atomic E-state index is 6.31. The zero-order chi connectivity index (χ0) is 14.8. The molecule has 0 radical (unpaired) electrons. The Hall–Kier alpha value is -0.480. The highest BCUT2D eigenvalue weighted by Gasteiger charge is 2.26. The van der Waals surface area contributed by atoms with Gasteiger partial charge in [-0.25, -0.2) is 0 Å². The predicted molar refractivity (Wildman–Crippen MR) is 90.4 cm³/mol. The Morgan fingerprint density at radius 3 is 2.48 bits per heavy atom. The number of anilines is 1. The number of hydrogen-bond acceptors (Lipinski definition) is 3. The Morgan fingerprint density at radius 1 is 1.10 bits per heavy atom. The first-order chi connectivity index (χ1) is 10.1. The van der Waals surface area contributed by atoms with Crippen LogP contribution in [0.1, 0.15) is 19.3 Å². The number of benzene rings is 1. The summed E-state index contributed by atoms with van der Waals surface area (Å²) in [4.78, 5) is 4.89. The van der Waals surface area contributed by atoms with Gasteiger partial charge in [0.1, 0.15) is 0 Å². The van der Waals surface area contributed by atoms with Gasteiger partial charge < -0.3 is 10.6 Å². The molecule has 1 saturated heterocycles. The van der Waals surface area contributed by atoms with Crippen molar-refractivity contribution in [3.63, 3.8) is 0 Å². The van der Waals surface area contributed by atoms with E-state index in [-0.39, 0.29) is 0 Å². The van der Waals surface area contributed by atoms with Crippen molar-refractivity contribution in [1.29, 1.82) is 0 Å². The molecule has 3 rings (SSSR count). The Balaban J connectivity index is 1.47. The van der Waals surface area contributed by atoms with E-state index in [1.807, 2.05) is 12.1 Å². The summed E-state index contributed by atoms with van der Waals surface area (Å²) in [5.41, 5.74) is 6.91. The zero-order valence-electron chi connectivity index (χ0n) is 12.3. The van der Waals surface area contributed by atoms with Crippen LogP contribution in [-0.4, -0.2) is 43.7 Å². The quantitative estimate of drug-likeness (QED) is 0.921. The van der Waals surface area contributed by atoms with Gasteiger partial charge in [0.15, 0.2) is 0 Å². The molecule has 2 fully saturated rings. The van der Waals surface area contributed by atoms with Gasteiger partial charge >= 0.3 is 0 Å². The summed E-state index contributed by atoms with van der Waals surface area (Å²) in [5.74, 6) is 0.861. The third-order valence-corrected chi connectivity index (χ3v) is 5.58. The van der Waals surface area contributed by atoms with Crippen LogP contribution in [0.4, 0.5) is 5.69 Å². The Kier molecular flexibility index (Phi) is 4.95. The first-order valence-corrected chi connectivity index (χ1v) is 8.56. The molecule has 1 heterocycles. The van der Waals surface area contributed by atoms with Gasteiger partial charge in [0.05, 0.1) is 15.7 Å². The summed E-state index contributed by atoms with van der Waals surface area (Å²) >= 11 is 12.4. The van der Waals surface area contributed by atoms with Gasteiger partial charge in [-0.1, -0.05) is 29.3 Å². The van der Waals surface area contributed by atoms with E-state index >= 15 is 0 Å². The van der Waals surface area contributed by atoms with E-state index < -0.39 is 0 Å². The Morgan fingerprint density at radius 2 is 1.81 bits per heavy atom. The molecule has 1 aliphatic carbocycles. The predicted octanol–water partition coefficient (Wildman–Crippen LogP) is 3.24. The molecule has 21 heavy (non-hydrogen) atoms. The first kappa shape index (κ1) is 15.4. The van der Waals surface area contributed by atoms with Crippen LogP contribution < -0.4 is 10.6 Å². The summed E-state index contributed by atoms with van der Waals surface area (Å²) in [6.45, 7) is 5.44. The van der Waals surface area contributed by atoms with E-state index in [1.54, 1.807) is 0 Å². The van der Waals surface area contributed by atoms with Crippen molar-refractivity contribution in [1.82, 2.24) is 4.90 Å². The summed E-state index contributed by atoms with van der Waals surface area (Å²) < 4.78 is 0. The normalized spacial score (nSPS) is 26.7. The minimum atomic E-state index is 0.469. The molecule has 0 atom stereocenters. The minimum Gasteiger partial charge on any atom is -0.368 e. The highest BCUT2D eigenvalue weighted by molar-refractivity contribution is 6.43. The van der Waals surface area contributed by atoms with Gasteiger partial charge in [-0.2, -0.15) is 0 Å². The molecule has 1 aromatic rings. The molecule has 5 heteroatoms. The van der Waals surface area contributed by atoms with Crippen molar-refractivity contribution in [3.8, 4) is 0 Å². The van der Waals surface area contributed by atoms with Crippen LogP contribution >= 0.6 is 23.2 Å². The molecule has 1 saturated carbocycles. The minimum absolute atomic E-state index is 0.469. The highest BCUT2D eigenvalue weighted by atomic mass is 35.5. The van der Waals surface area contributed by atoms with E-state index in [2.05, 4.69) is 15.9 Å². The van der Waals surface area contributed by atoms with Gasteiger partial charge in [0.2, 0.25) is 0 Å². The number of hydrogen-bond donors (Lipinski definition) is 1. The fourth-order valence-corrected chi connectivity index (χ4v) is 3.75. The molecule has 0 aromatic heterocycles. The summed E-state index contributed by atoms with van der Waals surface area (Å²) in [7, 11) is 0. The third kappa shape index (κ3) is 3.65. The van der Waals surface area contributed by atoms with E-state index in [4.69, 9.17) is 28.9 Å². The largest absolute Gasteiger partial charge is 0.368 e. The molecule has 0 unspecified atom stereocenters. The zero-order valence-corrected chi connectivity index (χ0v) is 13.8. The molecular weight excluding hydrogens is 305 g/mol. The SMILES string of the molecule is N[C@H]1C[C@H](CCN2CCN(c3cccc(Cl)c3Cl)CC2)C1. The molecule has 116 valence electrons. The number of rotatable bonds is 4. The Bertz CT molecular complexity index is 480. The van der Waals surface area contributed by atoms with Crippen molar-refractivity contribution >= 4 is 28.9 Å². The van der Waals surface area contributed by atoms with Crippen LogP contribution in [0.5, 0.6) is 0 Å². The second-order valence-electron chi connectivity index (χ2n) is 6.29. The monoisotopic (exact) mass is 327 g/mol. The van der Waals surface area contributed by atoms with Crippen LogP contribution in [0.25, 0.3) is 0 Å². The fourth-order valence-electron chi connectivity index (χ4n) is 3.34. The molecule has 0 amide bonds. The van der Waals surface area contributed by atoms with Crippen molar-refractivity contribution in [2.75, 3.05) is 37.6 Å². The number of nitrogens with zero attached hydrogens (tertiary/aromatic N) is 2.